The van der Waals surface area contributed by atoms with Crippen molar-refractivity contribution < 1.29 is 18.9 Å². The summed E-state index contributed by atoms with van der Waals surface area (Å²) in [5.74, 6) is 0.122. The first-order valence-corrected chi connectivity index (χ1v) is 8.67. The van der Waals surface area contributed by atoms with Gasteiger partial charge in [0.05, 0.1) is 23.9 Å². The molecule has 2 N–H and O–H groups in total. The van der Waals surface area contributed by atoms with E-state index in [0.717, 1.165) is 17.7 Å². The van der Waals surface area contributed by atoms with Crippen molar-refractivity contribution in [2.75, 3.05) is 17.6 Å². The van der Waals surface area contributed by atoms with Gasteiger partial charge in [0.25, 0.3) is 0 Å². The fourth-order valence-corrected chi connectivity index (χ4v) is 2.71. The van der Waals surface area contributed by atoms with E-state index in [-0.39, 0.29) is 17.4 Å². The van der Waals surface area contributed by atoms with Crippen molar-refractivity contribution >= 4 is 28.9 Å². The summed E-state index contributed by atoms with van der Waals surface area (Å²) in [6.07, 6.45) is 3.15. The first-order chi connectivity index (χ1) is 14.5. The van der Waals surface area contributed by atoms with Gasteiger partial charge < -0.3 is 14.9 Å². The average Bonchev–Trinajstić information content (AvgIpc) is 3.26. The van der Waals surface area contributed by atoms with Crippen LogP contribution < -0.4 is 20.7 Å². The Bertz CT molecular complexity index is 1130. The highest BCUT2D eigenvalue weighted by Crippen LogP contribution is 2.33. The van der Waals surface area contributed by atoms with E-state index in [1.807, 2.05) is 30.3 Å². The van der Waals surface area contributed by atoms with Crippen LogP contribution in [0.2, 0.25) is 0 Å². The molecule has 152 valence electrons. The van der Waals surface area contributed by atoms with Crippen LogP contribution in [-0.4, -0.2) is 22.0 Å². The highest BCUT2D eigenvalue weighted by molar-refractivity contribution is 5.67. The molecule has 2 aromatic carbocycles. The average molecular weight is 410 g/mol. The summed E-state index contributed by atoms with van der Waals surface area (Å²) in [6.45, 7) is 0. The van der Waals surface area contributed by atoms with Crippen LogP contribution in [-0.2, 0) is 4.84 Å². The number of nitrogens with zero attached hydrogens (tertiary/aromatic N) is 4. The van der Waals surface area contributed by atoms with Gasteiger partial charge in [-0.25, -0.2) is 4.98 Å². The minimum absolute atomic E-state index is 0.0654. The molecule has 0 bridgehead atoms. The zero-order valence-electron chi connectivity index (χ0n) is 15.6. The molecule has 0 saturated heterocycles. The van der Waals surface area contributed by atoms with Crippen LogP contribution in [0.4, 0.5) is 27.5 Å². The van der Waals surface area contributed by atoms with Crippen LogP contribution >= 0.6 is 0 Å². The molecule has 0 fully saturated rings. The summed E-state index contributed by atoms with van der Waals surface area (Å²) in [4.78, 5) is 24.4. The molecule has 0 amide bonds. The number of hydrogen-bond acceptors (Lipinski definition) is 9. The number of nitro groups is 1. The predicted molar refractivity (Wildman–Crippen MR) is 106 cm³/mol. The van der Waals surface area contributed by atoms with Gasteiger partial charge >= 0.3 is 5.69 Å². The van der Waals surface area contributed by atoms with Crippen LogP contribution in [0, 0.1) is 15.9 Å². The van der Waals surface area contributed by atoms with Crippen molar-refractivity contribution in [3.05, 3.63) is 82.4 Å². The van der Waals surface area contributed by atoms with Crippen LogP contribution in [0.1, 0.15) is 5.56 Å². The fourth-order valence-electron chi connectivity index (χ4n) is 2.71. The number of rotatable bonds is 6. The molecule has 10 nitrogen and oxygen atoms in total. The number of aromatic nitrogens is 2. The highest BCUT2D eigenvalue weighted by atomic mass is 19.1. The summed E-state index contributed by atoms with van der Waals surface area (Å²) < 4.78 is 18.9. The Kier molecular flexibility index (Phi) is 4.99. The van der Waals surface area contributed by atoms with Gasteiger partial charge in [-0.1, -0.05) is 35.5 Å². The lowest BCUT2D eigenvalue weighted by atomic mass is 10.2. The first kappa shape index (κ1) is 18.9. The minimum Gasteiger partial charge on any atom is -0.494 e. The molecular weight excluding hydrogens is 395 g/mol. The quantitative estimate of drug-likeness (QED) is 0.465. The standard InChI is InChI=1S/C19H15FN6O4/c1-29-16-9-13(20)15(26(27)28)10-14(16)23-19-21-8-7-18(24-19)25-22-11-17(30-25)12-5-3-2-4-6-12/h2-11,22H,1H3,(H,21,23,24). The summed E-state index contributed by atoms with van der Waals surface area (Å²) in [7, 11) is 1.32. The molecule has 0 radical (unpaired) electrons. The fraction of sp³-hybridized carbons (Fsp3) is 0.0526. The van der Waals surface area contributed by atoms with Crippen molar-refractivity contribution in [3.8, 4) is 5.75 Å². The first-order valence-electron chi connectivity index (χ1n) is 8.67. The maximum atomic E-state index is 13.8. The topological polar surface area (TPSA) is 115 Å². The Morgan fingerprint density at radius 2 is 2.07 bits per heavy atom. The zero-order chi connectivity index (χ0) is 21.1. The minimum atomic E-state index is -1.01. The number of nitrogens with one attached hydrogen (secondary N) is 2. The predicted octanol–water partition coefficient (Wildman–Crippen LogP) is 3.53. The molecule has 3 aromatic rings. The number of hydrazine groups is 1. The Morgan fingerprint density at radius 3 is 2.80 bits per heavy atom. The van der Waals surface area contributed by atoms with Crippen LogP contribution in [0.15, 0.2) is 60.9 Å². The van der Waals surface area contributed by atoms with Crippen molar-refractivity contribution in [3.63, 3.8) is 0 Å². The molecule has 0 aliphatic carbocycles. The van der Waals surface area contributed by atoms with E-state index in [1.165, 1.54) is 18.5 Å². The number of anilines is 3. The van der Waals surface area contributed by atoms with E-state index in [4.69, 9.17) is 9.57 Å². The van der Waals surface area contributed by atoms with E-state index >= 15 is 0 Å². The third kappa shape index (κ3) is 3.76. The molecule has 11 heteroatoms. The Labute approximate surface area is 169 Å². The van der Waals surface area contributed by atoms with Crippen molar-refractivity contribution in [1.29, 1.82) is 0 Å². The molecule has 1 aliphatic heterocycles. The molecule has 0 saturated carbocycles. The Hall–Kier alpha value is -4.41. The van der Waals surface area contributed by atoms with Crippen LogP contribution in [0.5, 0.6) is 5.75 Å². The number of methoxy groups -OCH3 is 1. The molecule has 2 heterocycles. The number of nitro benzene ring substituents is 1. The third-order valence-corrected chi connectivity index (χ3v) is 4.12. The number of benzene rings is 2. The van der Waals surface area contributed by atoms with E-state index in [9.17, 15) is 14.5 Å². The molecule has 0 unspecified atom stereocenters. The van der Waals surface area contributed by atoms with Crippen molar-refractivity contribution in [1.82, 2.24) is 15.4 Å². The molecule has 4 rings (SSSR count). The summed E-state index contributed by atoms with van der Waals surface area (Å²) in [5, 5.41) is 15.2. The smallest absolute Gasteiger partial charge is 0.307 e. The van der Waals surface area contributed by atoms with Crippen LogP contribution in [0.3, 0.4) is 0 Å². The van der Waals surface area contributed by atoms with Gasteiger partial charge in [0, 0.05) is 30.0 Å². The van der Waals surface area contributed by atoms with E-state index in [0.29, 0.717) is 11.6 Å². The normalized spacial score (nSPS) is 12.6. The molecule has 0 atom stereocenters. The van der Waals surface area contributed by atoms with Gasteiger partial charge in [0.2, 0.25) is 11.8 Å². The van der Waals surface area contributed by atoms with Crippen molar-refractivity contribution in [2.45, 2.75) is 0 Å². The zero-order valence-corrected chi connectivity index (χ0v) is 15.6. The van der Waals surface area contributed by atoms with E-state index in [2.05, 4.69) is 20.7 Å². The van der Waals surface area contributed by atoms with E-state index in [1.54, 1.807) is 12.3 Å². The number of halogens is 1. The number of hydrogen-bond donors (Lipinski definition) is 2. The van der Waals surface area contributed by atoms with Gasteiger partial charge in [0.1, 0.15) is 5.75 Å². The highest BCUT2D eigenvalue weighted by Gasteiger charge is 2.21. The molecule has 0 spiro atoms. The monoisotopic (exact) mass is 410 g/mol. The van der Waals surface area contributed by atoms with Gasteiger partial charge in [-0.15, -0.1) is 0 Å². The maximum Gasteiger partial charge on any atom is 0.307 e. The lowest BCUT2D eigenvalue weighted by Crippen LogP contribution is -2.29. The second kappa shape index (κ2) is 7.91. The molecule has 30 heavy (non-hydrogen) atoms. The van der Waals surface area contributed by atoms with Crippen molar-refractivity contribution in [2.24, 2.45) is 0 Å². The molecular formula is C19H15FN6O4. The molecule has 1 aromatic heterocycles. The largest absolute Gasteiger partial charge is 0.494 e. The van der Waals surface area contributed by atoms with Gasteiger partial charge in [-0.3, -0.25) is 15.5 Å². The summed E-state index contributed by atoms with van der Waals surface area (Å²) >= 11 is 0. The molecule has 1 aliphatic rings. The lowest BCUT2D eigenvalue weighted by Gasteiger charge is -2.17. The summed E-state index contributed by atoms with van der Waals surface area (Å²) in [5.41, 5.74) is 3.25. The van der Waals surface area contributed by atoms with Gasteiger partial charge in [0.15, 0.2) is 11.6 Å². The second-order valence-corrected chi connectivity index (χ2v) is 6.01. The second-order valence-electron chi connectivity index (χ2n) is 6.01. The summed E-state index contributed by atoms with van der Waals surface area (Å²) in [6, 6.07) is 13.0. The SMILES string of the molecule is COc1cc(F)c([N+](=O)[O-])cc1Nc1nccc(N2NC=C(c3ccccc3)O2)n1. The maximum absolute atomic E-state index is 13.8. The van der Waals surface area contributed by atoms with E-state index < -0.39 is 16.4 Å². The van der Waals surface area contributed by atoms with Gasteiger partial charge in [-0.2, -0.15) is 9.37 Å². The lowest BCUT2D eigenvalue weighted by molar-refractivity contribution is -0.387. The van der Waals surface area contributed by atoms with Crippen LogP contribution in [0.25, 0.3) is 5.76 Å². The third-order valence-electron chi connectivity index (χ3n) is 4.12. The Balaban J connectivity index is 1.55. The van der Waals surface area contributed by atoms with Gasteiger partial charge in [-0.05, 0) is 0 Å². The Morgan fingerprint density at radius 1 is 1.27 bits per heavy atom. The number of ether oxygens (including phenoxy) is 1.